The van der Waals surface area contributed by atoms with E-state index in [0.29, 0.717) is 21.6 Å². The van der Waals surface area contributed by atoms with E-state index < -0.39 is 4.92 Å². The second-order valence-electron chi connectivity index (χ2n) is 4.86. The maximum atomic E-state index is 11.7. The summed E-state index contributed by atoms with van der Waals surface area (Å²) in [7, 11) is 0. The summed E-state index contributed by atoms with van der Waals surface area (Å²) in [6.45, 7) is 4.01. The second kappa shape index (κ2) is 7.82. The maximum absolute atomic E-state index is 11.7. The summed E-state index contributed by atoms with van der Waals surface area (Å²) in [5, 5.41) is 10.9. The molecule has 1 aromatic carbocycles. The summed E-state index contributed by atoms with van der Waals surface area (Å²) in [4.78, 5) is 38.1. The molecule has 2 aromatic rings. The third-order valence-corrected chi connectivity index (χ3v) is 4.29. The van der Waals surface area contributed by atoms with E-state index in [1.54, 1.807) is 24.5 Å². The van der Waals surface area contributed by atoms with E-state index >= 15 is 0 Å². The van der Waals surface area contributed by atoms with E-state index in [1.165, 1.54) is 23.5 Å². The molecule has 0 atom stereocenters. The Hall–Kier alpha value is -2.55. The van der Waals surface area contributed by atoms with E-state index in [1.807, 2.05) is 0 Å². The van der Waals surface area contributed by atoms with Crippen LogP contribution in [-0.2, 0) is 20.9 Å². The number of amides is 1. The van der Waals surface area contributed by atoms with Crippen molar-refractivity contribution in [3.05, 3.63) is 33.1 Å². The number of esters is 1. The predicted octanol–water partition coefficient (Wildman–Crippen LogP) is 2.40. The maximum Gasteiger partial charge on any atom is 0.307 e. The van der Waals surface area contributed by atoms with Crippen LogP contribution in [-0.4, -0.2) is 28.0 Å². The van der Waals surface area contributed by atoms with Crippen molar-refractivity contribution in [2.75, 3.05) is 6.61 Å². The molecule has 1 aromatic heterocycles. The number of carbonyl (C=O) groups is 2. The van der Waals surface area contributed by atoms with Crippen molar-refractivity contribution < 1.29 is 19.2 Å². The highest BCUT2D eigenvalue weighted by atomic mass is 32.1. The molecule has 1 heterocycles. The van der Waals surface area contributed by atoms with Crippen molar-refractivity contribution in [3.63, 3.8) is 0 Å². The topological polar surface area (TPSA) is 104 Å². The molecule has 0 bridgehead atoms. The van der Waals surface area contributed by atoms with Crippen molar-refractivity contribution in [3.8, 4) is 0 Å². The minimum absolute atomic E-state index is 0.0327. The molecule has 24 heavy (non-hydrogen) atoms. The first-order valence-electron chi connectivity index (χ1n) is 7.47. The van der Waals surface area contributed by atoms with Crippen LogP contribution in [0.25, 0.3) is 10.2 Å². The van der Waals surface area contributed by atoms with E-state index in [-0.39, 0.29) is 37.0 Å². The summed E-state index contributed by atoms with van der Waals surface area (Å²) >= 11 is 1.18. The van der Waals surface area contributed by atoms with Crippen molar-refractivity contribution in [2.24, 2.45) is 4.99 Å². The summed E-state index contributed by atoms with van der Waals surface area (Å²) in [6.07, 6.45) is 0.385. The average Bonchev–Trinajstić information content (AvgIpc) is 2.89. The van der Waals surface area contributed by atoms with Crippen molar-refractivity contribution in [1.29, 1.82) is 0 Å². The zero-order valence-electron chi connectivity index (χ0n) is 13.4. The van der Waals surface area contributed by atoms with E-state index in [0.717, 1.165) is 0 Å². The summed E-state index contributed by atoms with van der Waals surface area (Å²) in [5.74, 6) is -0.639. The first-order chi connectivity index (χ1) is 11.5. The third-order valence-electron chi connectivity index (χ3n) is 3.24. The number of thiazole rings is 1. The lowest BCUT2D eigenvalue weighted by molar-refractivity contribution is -0.384. The summed E-state index contributed by atoms with van der Waals surface area (Å²) < 4.78 is 7.26. The molecule has 0 unspecified atom stereocenters. The van der Waals surface area contributed by atoms with Crippen LogP contribution in [0.2, 0.25) is 0 Å². The number of rotatable bonds is 6. The Morgan fingerprint density at radius 2 is 2.12 bits per heavy atom. The molecule has 2 rings (SSSR count). The van der Waals surface area contributed by atoms with Gasteiger partial charge >= 0.3 is 5.97 Å². The van der Waals surface area contributed by atoms with Gasteiger partial charge in [0, 0.05) is 25.1 Å². The van der Waals surface area contributed by atoms with Crippen molar-refractivity contribution >= 4 is 39.1 Å². The van der Waals surface area contributed by atoms with Gasteiger partial charge in [0.25, 0.3) is 5.69 Å². The number of hydrogen-bond donors (Lipinski definition) is 0. The molecule has 128 valence electrons. The SMILES string of the molecule is CCOC(=O)CCn1c(=NC(=O)CC)sc2cc([N+](=O)[O-])ccc21. The largest absolute Gasteiger partial charge is 0.466 e. The number of hydrogen-bond acceptors (Lipinski definition) is 6. The monoisotopic (exact) mass is 351 g/mol. The van der Waals surface area contributed by atoms with E-state index in [4.69, 9.17) is 4.74 Å². The minimum atomic E-state index is -0.476. The van der Waals surface area contributed by atoms with Gasteiger partial charge in [-0.15, -0.1) is 0 Å². The first-order valence-corrected chi connectivity index (χ1v) is 8.28. The number of carbonyl (C=O) groups excluding carboxylic acids is 2. The molecule has 0 aliphatic carbocycles. The Bertz CT molecular complexity index is 852. The highest BCUT2D eigenvalue weighted by Gasteiger charge is 2.13. The molecular formula is C15H17N3O5S. The van der Waals surface area contributed by atoms with Crippen LogP contribution in [0.4, 0.5) is 5.69 Å². The molecule has 0 radical (unpaired) electrons. The van der Waals surface area contributed by atoms with E-state index in [2.05, 4.69) is 4.99 Å². The number of nitrogens with zero attached hydrogens (tertiary/aromatic N) is 3. The standard InChI is InChI=1S/C15H17N3O5S/c1-3-13(19)16-15-17(8-7-14(20)23-4-2)11-6-5-10(18(21)22)9-12(11)24-15/h5-6,9H,3-4,7-8H2,1-2H3. The number of aryl methyl sites for hydroxylation is 1. The Morgan fingerprint density at radius 3 is 2.75 bits per heavy atom. The van der Waals surface area contributed by atoms with Crippen LogP contribution < -0.4 is 4.80 Å². The second-order valence-corrected chi connectivity index (χ2v) is 5.87. The molecule has 0 aliphatic heterocycles. The third kappa shape index (κ3) is 4.05. The average molecular weight is 351 g/mol. The number of fused-ring (bicyclic) bond motifs is 1. The molecule has 0 fully saturated rings. The molecule has 0 aliphatic rings. The zero-order chi connectivity index (χ0) is 17.7. The fourth-order valence-electron chi connectivity index (χ4n) is 2.10. The van der Waals surface area contributed by atoms with Gasteiger partial charge in [-0.1, -0.05) is 18.3 Å². The highest BCUT2D eigenvalue weighted by molar-refractivity contribution is 7.16. The molecule has 0 N–H and O–H groups in total. The first kappa shape index (κ1) is 17.8. The molecular weight excluding hydrogens is 334 g/mol. The zero-order valence-corrected chi connectivity index (χ0v) is 14.2. The number of aromatic nitrogens is 1. The normalized spacial score (nSPS) is 11.7. The van der Waals surface area contributed by atoms with Crippen LogP contribution in [0.15, 0.2) is 23.2 Å². The van der Waals surface area contributed by atoms with Crippen LogP contribution >= 0.6 is 11.3 Å². The number of ether oxygens (including phenoxy) is 1. The molecule has 0 saturated carbocycles. The molecule has 9 heteroatoms. The van der Waals surface area contributed by atoms with Crippen LogP contribution in [0.1, 0.15) is 26.7 Å². The molecule has 8 nitrogen and oxygen atoms in total. The predicted molar refractivity (Wildman–Crippen MR) is 88.6 cm³/mol. The highest BCUT2D eigenvalue weighted by Crippen LogP contribution is 2.23. The van der Waals surface area contributed by atoms with E-state index in [9.17, 15) is 19.7 Å². The van der Waals surface area contributed by atoms with Gasteiger partial charge in [-0.05, 0) is 13.0 Å². The van der Waals surface area contributed by atoms with Gasteiger partial charge in [-0.2, -0.15) is 4.99 Å². The molecule has 0 saturated heterocycles. The minimum Gasteiger partial charge on any atom is -0.466 e. The Kier molecular flexibility index (Phi) is 5.80. The smallest absolute Gasteiger partial charge is 0.307 e. The van der Waals surface area contributed by atoms with Crippen molar-refractivity contribution in [2.45, 2.75) is 33.2 Å². The summed E-state index contributed by atoms with van der Waals surface area (Å²) in [6, 6.07) is 4.43. The lowest BCUT2D eigenvalue weighted by Gasteiger charge is -2.05. The number of nitro groups is 1. The Morgan fingerprint density at radius 1 is 1.38 bits per heavy atom. The Labute approximate surface area is 141 Å². The number of benzene rings is 1. The van der Waals surface area contributed by atoms with Gasteiger partial charge in [0.15, 0.2) is 4.80 Å². The molecule has 0 spiro atoms. The van der Waals surface area contributed by atoms with Gasteiger partial charge in [-0.25, -0.2) is 0 Å². The van der Waals surface area contributed by atoms with Gasteiger partial charge in [-0.3, -0.25) is 19.7 Å². The number of nitro benzene ring substituents is 1. The van der Waals surface area contributed by atoms with Crippen LogP contribution in [0.3, 0.4) is 0 Å². The lowest BCUT2D eigenvalue weighted by Crippen LogP contribution is -2.19. The fraction of sp³-hybridized carbons (Fsp3) is 0.400. The fourth-order valence-corrected chi connectivity index (χ4v) is 3.21. The van der Waals surface area contributed by atoms with Crippen LogP contribution in [0, 0.1) is 10.1 Å². The quantitative estimate of drug-likeness (QED) is 0.451. The Balaban J connectivity index is 2.49. The van der Waals surface area contributed by atoms with Gasteiger partial charge in [0.2, 0.25) is 5.91 Å². The van der Waals surface area contributed by atoms with Gasteiger partial charge in [0.1, 0.15) is 0 Å². The molecule has 1 amide bonds. The number of non-ortho nitro benzene ring substituents is 1. The van der Waals surface area contributed by atoms with Gasteiger partial charge < -0.3 is 9.30 Å². The summed E-state index contributed by atoms with van der Waals surface area (Å²) in [5.41, 5.74) is 0.659. The van der Waals surface area contributed by atoms with Crippen molar-refractivity contribution in [1.82, 2.24) is 4.57 Å². The lowest BCUT2D eigenvalue weighted by atomic mass is 10.3. The van der Waals surface area contributed by atoms with Gasteiger partial charge in [0.05, 0.1) is 28.2 Å². The van der Waals surface area contributed by atoms with Crippen LogP contribution in [0.5, 0.6) is 0 Å².